The number of likely N-dealkylation sites (N-methyl/N-ethyl adjacent to an activating group) is 1. The Hall–Kier alpha value is -1.55. The first kappa shape index (κ1) is 14.4. The molecule has 0 radical (unpaired) electrons. The van der Waals surface area contributed by atoms with Crippen LogP contribution >= 0.6 is 0 Å². The lowest BCUT2D eigenvalue weighted by atomic mass is 9.96. The van der Waals surface area contributed by atoms with E-state index in [0.717, 1.165) is 30.9 Å². The van der Waals surface area contributed by atoms with Gasteiger partial charge in [-0.25, -0.2) is 0 Å². The summed E-state index contributed by atoms with van der Waals surface area (Å²) in [6.45, 7) is 2.91. The Morgan fingerprint density at radius 3 is 2.71 bits per heavy atom. The molecular formula is C17H25N3O. The average Bonchev–Trinajstić information content (AvgIpc) is 2.77. The molecule has 1 aromatic rings. The van der Waals surface area contributed by atoms with Crippen molar-refractivity contribution in [3.8, 4) is 0 Å². The molecule has 4 rings (SSSR count). The molecule has 114 valence electrons. The number of piperidine rings is 1. The summed E-state index contributed by atoms with van der Waals surface area (Å²) in [6, 6.07) is 8.48. The van der Waals surface area contributed by atoms with Gasteiger partial charge in [-0.15, -0.1) is 0 Å². The third-order valence-electron chi connectivity index (χ3n) is 4.88. The second-order valence-corrected chi connectivity index (χ2v) is 6.69. The number of hydrogen-bond donors (Lipinski definition) is 0. The molecule has 4 nitrogen and oxygen atoms in total. The minimum absolute atomic E-state index is 0.186. The zero-order valence-corrected chi connectivity index (χ0v) is 13.2. The maximum Gasteiger partial charge on any atom is 0.253 e. The van der Waals surface area contributed by atoms with Crippen molar-refractivity contribution in [2.24, 2.45) is 5.92 Å². The molecule has 0 aliphatic carbocycles. The molecule has 3 aliphatic rings. The zero-order chi connectivity index (χ0) is 15.0. The molecule has 3 heterocycles. The van der Waals surface area contributed by atoms with E-state index in [4.69, 9.17) is 0 Å². The number of carbonyl (C=O) groups excluding carboxylic acids is 1. The molecule has 0 spiro atoms. The van der Waals surface area contributed by atoms with Gasteiger partial charge in [0.2, 0.25) is 0 Å². The van der Waals surface area contributed by atoms with Crippen LogP contribution in [0, 0.1) is 5.92 Å². The summed E-state index contributed by atoms with van der Waals surface area (Å²) < 4.78 is 0. The molecule has 4 heteroatoms. The maximum atomic E-state index is 12.8. The highest BCUT2D eigenvalue weighted by Crippen LogP contribution is 2.28. The standard InChI is InChI=1S/C17H25N3O/c1-18(2)15-6-4-5-14(9-15)17(21)20-11-13-7-8-16(12-20)19(3)10-13/h4-6,9,13,16H,7-8,10-12H2,1-3H3/t13-,16-/m1/s1. The summed E-state index contributed by atoms with van der Waals surface area (Å²) in [5.41, 5.74) is 1.89. The Morgan fingerprint density at radius 1 is 1.19 bits per heavy atom. The van der Waals surface area contributed by atoms with Gasteiger partial charge in [0.15, 0.2) is 0 Å². The minimum atomic E-state index is 0.186. The third kappa shape index (κ3) is 2.91. The minimum Gasteiger partial charge on any atom is -0.378 e. The topological polar surface area (TPSA) is 26.8 Å². The third-order valence-corrected chi connectivity index (χ3v) is 4.88. The molecule has 21 heavy (non-hydrogen) atoms. The number of anilines is 1. The van der Waals surface area contributed by atoms with Gasteiger partial charge in [-0.3, -0.25) is 4.79 Å². The number of fused-ring (bicyclic) bond motifs is 4. The smallest absolute Gasteiger partial charge is 0.253 e. The molecule has 0 N–H and O–H groups in total. The van der Waals surface area contributed by atoms with Crippen molar-refractivity contribution < 1.29 is 4.79 Å². The van der Waals surface area contributed by atoms with Crippen molar-refractivity contribution in [2.45, 2.75) is 18.9 Å². The van der Waals surface area contributed by atoms with Crippen molar-refractivity contribution in [1.29, 1.82) is 0 Å². The lowest BCUT2D eigenvalue weighted by Gasteiger charge is -2.32. The van der Waals surface area contributed by atoms with E-state index in [-0.39, 0.29) is 5.91 Å². The Kier molecular flexibility index (Phi) is 3.89. The Morgan fingerprint density at radius 2 is 2.00 bits per heavy atom. The number of carbonyl (C=O) groups is 1. The first-order chi connectivity index (χ1) is 10.0. The average molecular weight is 287 g/mol. The van der Waals surface area contributed by atoms with Crippen LogP contribution in [-0.4, -0.2) is 62.5 Å². The van der Waals surface area contributed by atoms with E-state index in [1.165, 1.54) is 12.8 Å². The van der Waals surface area contributed by atoms with Gasteiger partial charge >= 0.3 is 0 Å². The van der Waals surface area contributed by atoms with Crippen LogP contribution in [0.1, 0.15) is 23.2 Å². The van der Waals surface area contributed by atoms with Crippen LogP contribution in [0.5, 0.6) is 0 Å². The van der Waals surface area contributed by atoms with Crippen LogP contribution in [0.15, 0.2) is 24.3 Å². The Balaban J connectivity index is 1.80. The SMILES string of the molecule is CN(C)c1cccc(C(=O)N2C[C@@H]3CC[C@H](C2)N(C)C3)c1. The van der Waals surface area contributed by atoms with E-state index in [2.05, 4.69) is 16.8 Å². The van der Waals surface area contributed by atoms with Crippen molar-refractivity contribution in [2.75, 3.05) is 45.7 Å². The first-order valence-electron chi connectivity index (χ1n) is 7.81. The van der Waals surface area contributed by atoms with E-state index in [1.807, 2.05) is 43.3 Å². The summed E-state index contributed by atoms with van der Waals surface area (Å²) in [5.74, 6) is 0.820. The number of amides is 1. The maximum absolute atomic E-state index is 12.8. The largest absolute Gasteiger partial charge is 0.378 e. The molecule has 1 aromatic carbocycles. The van der Waals surface area contributed by atoms with Crippen LogP contribution in [0.25, 0.3) is 0 Å². The molecule has 2 atom stereocenters. The van der Waals surface area contributed by atoms with Gasteiger partial charge in [-0.2, -0.15) is 0 Å². The van der Waals surface area contributed by atoms with Crippen molar-refractivity contribution in [3.05, 3.63) is 29.8 Å². The van der Waals surface area contributed by atoms with Gasteiger partial charge < -0.3 is 14.7 Å². The molecule has 2 bridgehead atoms. The predicted molar refractivity (Wildman–Crippen MR) is 85.8 cm³/mol. The first-order valence-corrected chi connectivity index (χ1v) is 7.81. The van der Waals surface area contributed by atoms with E-state index in [0.29, 0.717) is 12.0 Å². The normalized spacial score (nSPS) is 25.8. The highest BCUT2D eigenvalue weighted by Gasteiger charge is 2.34. The van der Waals surface area contributed by atoms with Gasteiger partial charge in [-0.05, 0) is 44.0 Å². The van der Waals surface area contributed by atoms with Crippen molar-refractivity contribution >= 4 is 11.6 Å². The molecule has 0 unspecified atom stereocenters. The summed E-state index contributed by atoms with van der Waals surface area (Å²) in [7, 11) is 6.20. The van der Waals surface area contributed by atoms with Crippen LogP contribution in [0.4, 0.5) is 5.69 Å². The molecule has 3 fully saturated rings. The Labute approximate surface area is 127 Å². The fraction of sp³-hybridized carbons (Fsp3) is 0.588. The van der Waals surface area contributed by atoms with Gasteiger partial charge in [0.25, 0.3) is 5.91 Å². The van der Waals surface area contributed by atoms with Gasteiger partial charge in [0.05, 0.1) is 0 Å². The van der Waals surface area contributed by atoms with Crippen molar-refractivity contribution in [1.82, 2.24) is 9.80 Å². The highest BCUT2D eigenvalue weighted by atomic mass is 16.2. The lowest BCUT2D eigenvalue weighted by Crippen LogP contribution is -2.41. The molecule has 3 saturated heterocycles. The Bertz CT molecular complexity index is 529. The lowest BCUT2D eigenvalue weighted by molar-refractivity contribution is 0.0742. The van der Waals surface area contributed by atoms with E-state index in [1.54, 1.807) is 0 Å². The predicted octanol–water partition coefficient (Wildman–Crippen LogP) is 1.92. The van der Waals surface area contributed by atoms with E-state index < -0.39 is 0 Å². The monoisotopic (exact) mass is 287 g/mol. The van der Waals surface area contributed by atoms with Crippen molar-refractivity contribution in [3.63, 3.8) is 0 Å². The van der Waals surface area contributed by atoms with Crippen LogP contribution in [0.2, 0.25) is 0 Å². The second-order valence-electron chi connectivity index (χ2n) is 6.69. The molecule has 3 aliphatic heterocycles. The second kappa shape index (κ2) is 5.68. The zero-order valence-electron chi connectivity index (χ0n) is 13.2. The summed E-state index contributed by atoms with van der Waals surface area (Å²) in [4.78, 5) is 19.4. The number of nitrogens with zero attached hydrogens (tertiary/aromatic N) is 3. The summed E-state index contributed by atoms with van der Waals surface area (Å²) in [6.07, 6.45) is 2.49. The quantitative estimate of drug-likeness (QED) is 0.831. The molecular weight excluding hydrogens is 262 g/mol. The number of hydrogen-bond acceptors (Lipinski definition) is 3. The van der Waals surface area contributed by atoms with Crippen LogP contribution in [0.3, 0.4) is 0 Å². The number of benzene rings is 1. The van der Waals surface area contributed by atoms with E-state index >= 15 is 0 Å². The van der Waals surface area contributed by atoms with Gasteiger partial charge in [0.1, 0.15) is 0 Å². The highest BCUT2D eigenvalue weighted by molar-refractivity contribution is 5.95. The summed E-state index contributed by atoms with van der Waals surface area (Å²) in [5, 5.41) is 0. The fourth-order valence-corrected chi connectivity index (χ4v) is 3.58. The fourth-order valence-electron chi connectivity index (χ4n) is 3.58. The van der Waals surface area contributed by atoms with E-state index in [9.17, 15) is 4.79 Å². The summed E-state index contributed by atoms with van der Waals surface area (Å²) >= 11 is 0. The number of rotatable bonds is 2. The van der Waals surface area contributed by atoms with Crippen LogP contribution < -0.4 is 4.90 Å². The molecule has 0 aromatic heterocycles. The van der Waals surface area contributed by atoms with Gasteiger partial charge in [-0.1, -0.05) is 6.07 Å². The van der Waals surface area contributed by atoms with Crippen LogP contribution in [-0.2, 0) is 0 Å². The molecule has 0 saturated carbocycles. The molecule has 1 amide bonds. The van der Waals surface area contributed by atoms with Gasteiger partial charge in [0, 0.05) is 51.0 Å².